The molecule has 0 spiro atoms. The lowest BCUT2D eigenvalue weighted by Gasteiger charge is -2.28. The molecular formula is C10H20N4. The van der Waals surface area contributed by atoms with Gasteiger partial charge in [-0.25, -0.2) is 4.98 Å². The van der Waals surface area contributed by atoms with Gasteiger partial charge in [0.15, 0.2) is 0 Å². The van der Waals surface area contributed by atoms with E-state index in [-0.39, 0.29) is 5.54 Å². The lowest BCUT2D eigenvalue weighted by molar-refractivity contribution is 0.323. The third-order valence-corrected chi connectivity index (χ3v) is 3.04. The minimum Gasteiger partial charge on any atom is -0.305 e. The van der Waals surface area contributed by atoms with Crippen LogP contribution in [0.5, 0.6) is 0 Å². The first-order chi connectivity index (χ1) is 6.61. The summed E-state index contributed by atoms with van der Waals surface area (Å²) in [6.07, 6.45) is 3.84. The molecule has 1 aromatic rings. The highest BCUT2D eigenvalue weighted by Crippen LogP contribution is 2.13. The van der Waals surface area contributed by atoms with E-state index in [0.717, 1.165) is 25.2 Å². The van der Waals surface area contributed by atoms with E-state index in [1.54, 1.807) is 11.0 Å². The summed E-state index contributed by atoms with van der Waals surface area (Å²) in [6, 6.07) is 0. The van der Waals surface area contributed by atoms with Crippen LogP contribution >= 0.6 is 0 Å². The average molecular weight is 196 g/mol. The first-order valence-corrected chi connectivity index (χ1v) is 5.19. The van der Waals surface area contributed by atoms with Gasteiger partial charge in [-0.15, -0.1) is 0 Å². The van der Waals surface area contributed by atoms with Crippen molar-refractivity contribution >= 4 is 0 Å². The van der Waals surface area contributed by atoms with Crippen molar-refractivity contribution in [1.82, 2.24) is 20.1 Å². The van der Waals surface area contributed by atoms with E-state index >= 15 is 0 Å². The Labute approximate surface area is 85.7 Å². The van der Waals surface area contributed by atoms with Gasteiger partial charge in [0, 0.05) is 12.6 Å². The molecule has 1 heterocycles. The zero-order valence-electron chi connectivity index (χ0n) is 9.54. The standard InChI is InChI=1S/C10H20N4/c1-5-10(3,6-2)12-7-9-11-8-13-14(9)4/h8,12H,5-7H2,1-4H3. The van der Waals surface area contributed by atoms with Crippen LogP contribution in [0.4, 0.5) is 0 Å². The molecule has 0 atom stereocenters. The van der Waals surface area contributed by atoms with Crippen molar-refractivity contribution < 1.29 is 0 Å². The van der Waals surface area contributed by atoms with Crippen molar-refractivity contribution in [2.24, 2.45) is 7.05 Å². The fourth-order valence-corrected chi connectivity index (χ4v) is 1.27. The van der Waals surface area contributed by atoms with Gasteiger partial charge in [0.25, 0.3) is 0 Å². The molecule has 0 bridgehead atoms. The number of rotatable bonds is 5. The molecule has 0 amide bonds. The second-order valence-electron chi connectivity index (χ2n) is 3.92. The molecule has 0 radical (unpaired) electrons. The molecule has 0 aliphatic heterocycles. The second kappa shape index (κ2) is 4.55. The Hall–Kier alpha value is -0.900. The topological polar surface area (TPSA) is 42.7 Å². The summed E-state index contributed by atoms with van der Waals surface area (Å²) in [5.74, 6) is 0.984. The first-order valence-electron chi connectivity index (χ1n) is 5.19. The molecule has 0 fully saturated rings. The van der Waals surface area contributed by atoms with Crippen LogP contribution in [0.25, 0.3) is 0 Å². The van der Waals surface area contributed by atoms with E-state index in [1.165, 1.54) is 0 Å². The second-order valence-corrected chi connectivity index (χ2v) is 3.92. The van der Waals surface area contributed by atoms with E-state index in [0.29, 0.717) is 0 Å². The maximum Gasteiger partial charge on any atom is 0.140 e. The fraction of sp³-hybridized carbons (Fsp3) is 0.800. The van der Waals surface area contributed by atoms with Crippen LogP contribution in [0.15, 0.2) is 6.33 Å². The highest BCUT2D eigenvalue weighted by atomic mass is 15.3. The smallest absolute Gasteiger partial charge is 0.140 e. The van der Waals surface area contributed by atoms with Crippen LogP contribution in [0.2, 0.25) is 0 Å². The van der Waals surface area contributed by atoms with Gasteiger partial charge in [0.2, 0.25) is 0 Å². The van der Waals surface area contributed by atoms with E-state index in [1.807, 2.05) is 7.05 Å². The molecule has 0 aromatic carbocycles. The molecule has 4 heteroatoms. The van der Waals surface area contributed by atoms with E-state index in [9.17, 15) is 0 Å². The summed E-state index contributed by atoms with van der Waals surface area (Å²) >= 11 is 0. The minimum atomic E-state index is 0.214. The quantitative estimate of drug-likeness (QED) is 0.775. The highest BCUT2D eigenvalue weighted by Gasteiger charge is 2.18. The third kappa shape index (κ3) is 2.54. The van der Waals surface area contributed by atoms with Gasteiger partial charge in [-0.3, -0.25) is 4.68 Å². The first kappa shape index (κ1) is 11.2. The van der Waals surface area contributed by atoms with Crippen LogP contribution in [-0.4, -0.2) is 20.3 Å². The number of aryl methyl sites for hydroxylation is 1. The summed E-state index contributed by atoms with van der Waals surface area (Å²) in [5, 5.41) is 7.55. The van der Waals surface area contributed by atoms with Gasteiger partial charge in [-0.05, 0) is 19.8 Å². The SMILES string of the molecule is CCC(C)(CC)NCc1ncnn1C. The average Bonchev–Trinajstić information content (AvgIpc) is 2.61. The molecule has 80 valence electrons. The highest BCUT2D eigenvalue weighted by molar-refractivity contribution is 4.87. The van der Waals surface area contributed by atoms with Gasteiger partial charge in [0.05, 0.1) is 6.54 Å². The monoisotopic (exact) mass is 196 g/mol. The van der Waals surface area contributed by atoms with Gasteiger partial charge < -0.3 is 5.32 Å². The van der Waals surface area contributed by atoms with Crippen molar-refractivity contribution in [3.05, 3.63) is 12.2 Å². The molecule has 1 aromatic heterocycles. The van der Waals surface area contributed by atoms with Gasteiger partial charge in [-0.2, -0.15) is 5.10 Å². The Morgan fingerprint density at radius 3 is 2.50 bits per heavy atom. The lowest BCUT2D eigenvalue weighted by atomic mass is 9.96. The summed E-state index contributed by atoms with van der Waals surface area (Å²) < 4.78 is 1.80. The molecular weight excluding hydrogens is 176 g/mol. The van der Waals surface area contributed by atoms with Crippen LogP contribution in [0.3, 0.4) is 0 Å². The predicted octanol–water partition coefficient (Wildman–Crippen LogP) is 1.48. The summed E-state index contributed by atoms with van der Waals surface area (Å²) in [6.45, 7) is 7.43. The molecule has 14 heavy (non-hydrogen) atoms. The van der Waals surface area contributed by atoms with Crippen LogP contribution in [-0.2, 0) is 13.6 Å². The number of hydrogen-bond donors (Lipinski definition) is 1. The normalized spacial score (nSPS) is 12.0. The third-order valence-electron chi connectivity index (χ3n) is 3.04. The minimum absolute atomic E-state index is 0.214. The molecule has 0 aliphatic rings. The molecule has 0 saturated heterocycles. The molecule has 4 nitrogen and oxygen atoms in total. The number of nitrogens with zero attached hydrogens (tertiary/aromatic N) is 3. The van der Waals surface area contributed by atoms with Crippen molar-refractivity contribution in [3.63, 3.8) is 0 Å². The van der Waals surface area contributed by atoms with E-state index in [4.69, 9.17) is 0 Å². The van der Waals surface area contributed by atoms with Crippen LogP contribution in [0.1, 0.15) is 39.4 Å². The van der Waals surface area contributed by atoms with Crippen LogP contribution < -0.4 is 5.32 Å². The molecule has 0 saturated carbocycles. The number of nitrogens with one attached hydrogen (secondary N) is 1. The fourth-order valence-electron chi connectivity index (χ4n) is 1.27. The van der Waals surface area contributed by atoms with Crippen molar-refractivity contribution in [3.8, 4) is 0 Å². The molecule has 1 N–H and O–H groups in total. The summed E-state index contributed by atoms with van der Waals surface area (Å²) in [5.41, 5.74) is 0.214. The molecule has 0 unspecified atom stereocenters. The summed E-state index contributed by atoms with van der Waals surface area (Å²) in [4.78, 5) is 4.18. The summed E-state index contributed by atoms with van der Waals surface area (Å²) in [7, 11) is 1.92. The zero-order valence-corrected chi connectivity index (χ0v) is 9.54. The maximum atomic E-state index is 4.18. The Morgan fingerprint density at radius 1 is 1.43 bits per heavy atom. The Balaban J connectivity index is 2.52. The Morgan fingerprint density at radius 2 is 2.07 bits per heavy atom. The van der Waals surface area contributed by atoms with E-state index in [2.05, 4.69) is 36.2 Å². The largest absolute Gasteiger partial charge is 0.305 e. The Bertz CT molecular complexity index is 275. The van der Waals surface area contributed by atoms with E-state index < -0.39 is 0 Å². The molecule has 0 aliphatic carbocycles. The van der Waals surface area contributed by atoms with Crippen LogP contribution in [0, 0.1) is 0 Å². The predicted molar refractivity (Wildman–Crippen MR) is 56.8 cm³/mol. The van der Waals surface area contributed by atoms with Crippen molar-refractivity contribution in [1.29, 1.82) is 0 Å². The lowest BCUT2D eigenvalue weighted by Crippen LogP contribution is -2.41. The van der Waals surface area contributed by atoms with Crippen molar-refractivity contribution in [2.45, 2.75) is 45.7 Å². The van der Waals surface area contributed by atoms with Gasteiger partial charge >= 0.3 is 0 Å². The van der Waals surface area contributed by atoms with Gasteiger partial charge in [0.1, 0.15) is 12.2 Å². The number of hydrogen-bond acceptors (Lipinski definition) is 3. The Kier molecular flexibility index (Phi) is 3.63. The van der Waals surface area contributed by atoms with Crippen molar-refractivity contribution in [2.75, 3.05) is 0 Å². The van der Waals surface area contributed by atoms with Gasteiger partial charge in [-0.1, -0.05) is 13.8 Å². The molecule has 1 rings (SSSR count). The number of aromatic nitrogens is 3. The maximum absolute atomic E-state index is 4.18. The zero-order chi connectivity index (χ0) is 10.6.